The van der Waals surface area contributed by atoms with Crippen LogP contribution in [0, 0.1) is 5.92 Å². The first-order valence-electron chi connectivity index (χ1n) is 6.89. The van der Waals surface area contributed by atoms with E-state index < -0.39 is 5.97 Å². The molecular weight excluding hydrogens is 256 g/mol. The lowest BCUT2D eigenvalue weighted by Crippen LogP contribution is -2.40. The predicted octanol–water partition coefficient (Wildman–Crippen LogP) is 3.33. The van der Waals surface area contributed by atoms with Gasteiger partial charge in [-0.25, -0.2) is 9.59 Å². The fourth-order valence-corrected chi connectivity index (χ4v) is 2.26. The molecule has 0 aliphatic rings. The third kappa shape index (κ3) is 4.26. The quantitative estimate of drug-likeness (QED) is 0.746. The van der Waals surface area contributed by atoms with E-state index in [0.29, 0.717) is 11.6 Å². The van der Waals surface area contributed by atoms with Crippen molar-refractivity contribution in [3.8, 4) is 0 Å². The number of nitrogens with one attached hydrogen (secondary N) is 2. The molecule has 0 bridgehead atoms. The number of anilines is 1. The summed E-state index contributed by atoms with van der Waals surface area (Å²) in [7, 11) is 0. The summed E-state index contributed by atoms with van der Waals surface area (Å²) in [5.41, 5.74) is 0.382. The van der Waals surface area contributed by atoms with Gasteiger partial charge in [-0.1, -0.05) is 38.8 Å². The molecule has 0 spiro atoms. The monoisotopic (exact) mass is 278 g/mol. The largest absolute Gasteiger partial charge is 0.478 e. The number of carboxylic acid groups (broad SMARTS) is 1. The molecule has 5 nitrogen and oxygen atoms in total. The average molecular weight is 278 g/mol. The van der Waals surface area contributed by atoms with E-state index in [1.165, 1.54) is 6.07 Å². The summed E-state index contributed by atoms with van der Waals surface area (Å²) in [6, 6.07) is 6.01. The van der Waals surface area contributed by atoms with Crippen LogP contribution in [0.4, 0.5) is 10.5 Å². The molecule has 0 aliphatic carbocycles. The minimum atomic E-state index is -1.06. The summed E-state index contributed by atoms with van der Waals surface area (Å²) in [5, 5.41) is 14.5. The third-order valence-corrected chi connectivity index (χ3v) is 3.52. The van der Waals surface area contributed by atoms with Crippen LogP contribution in [0.2, 0.25) is 0 Å². The van der Waals surface area contributed by atoms with Gasteiger partial charge in [0, 0.05) is 6.04 Å². The normalized spacial score (nSPS) is 12.0. The summed E-state index contributed by atoms with van der Waals surface area (Å²) in [6.45, 7) is 6.13. The Hall–Kier alpha value is -2.04. The number of carbonyl (C=O) groups is 2. The van der Waals surface area contributed by atoms with Crippen molar-refractivity contribution in [2.24, 2.45) is 5.92 Å². The van der Waals surface area contributed by atoms with Gasteiger partial charge in [-0.2, -0.15) is 0 Å². The van der Waals surface area contributed by atoms with Crippen molar-refractivity contribution in [3.05, 3.63) is 29.8 Å². The molecule has 0 saturated carbocycles. The van der Waals surface area contributed by atoms with Gasteiger partial charge in [0.25, 0.3) is 0 Å². The standard InChI is InChI=1S/C15H22N2O3/c1-4-11(5-2)10(3)16-15(20)17-13-9-7-6-8-12(13)14(18)19/h6-11H,4-5H2,1-3H3,(H,18,19)(H2,16,17,20). The second-order valence-corrected chi connectivity index (χ2v) is 4.81. The number of rotatable bonds is 6. The number of benzene rings is 1. The first kappa shape index (κ1) is 16.0. The maximum absolute atomic E-state index is 11.9. The zero-order valence-corrected chi connectivity index (χ0v) is 12.1. The Kier molecular flexibility index (Phi) is 6.03. The molecule has 3 N–H and O–H groups in total. The van der Waals surface area contributed by atoms with Crippen LogP contribution < -0.4 is 10.6 Å². The smallest absolute Gasteiger partial charge is 0.337 e. The summed E-state index contributed by atoms with van der Waals surface area (Å²) in [5.74, 6) is -0.649. The van der Waals surface area contributed by atoms with Gasteiger partial charge in [0.05, 0.1) is 11.3 Å². The first-order valence-corrected chi connectivity index (χ1v) is 6.89. The lowest BCUT2D eigenvalue weighted by molar-refractivity contribution is 0.0698. The van der Waals surface area contributed by atoms with Gasteiger partial charge in [-0.3, -0.25) is 0 Å². The number of amides is 2. The van der Waals surface area contributed by atoms with E-state index >= 15 is 0 Å². The average Bonchev–Trinajstić information content (AvgIpc) is 2.40. The maximum atomic E-state index is 11.9. The number of carboxylic acids is 1. The van der Waals surface area contributed by atoms with Crippen molar-refractivity contribution in [2.75, 3.05) is 5.32 Å². The number of para-hydroxylation sites is 1. The minimum absolute atomic E-state index is 0.0435. The number of hydrogen-bond acceptors (Lipinski definition) is 2. The van der Waals surface area contributed by atoms with Gasteiger partial charge >= 0.3 is 12.0 Å². The lowest BCUT2D eigenvalue weighted by Gasteiger charge is -2.22. The molecule has 1 atom stereocenters. The highest BCUT2D eigenvalue weighted by Gasteiger charge is 2.17. The minimum Gasteiger partial charge on any atom is -0.478 e. The first-order chi connectivity index (χ1) is 9.49. The van der Waals surface area contributed by atoms with Crippen molar-refractivity contribution in [2.45, 2.75) is 39.7 Å². The molecule has 0 fully saturated rings. The Morgan fingerprint density at radius 2 is 1.80 bits per heavy atom. The Bertz CT molecular complexity index is 470. The highest BCUT2D eigenvalue weighted by molar-refractivity contribution is 5.99. The Morgan fingerprint density at radius 3 is 2.35 bits per heavy atom. The second-order valence-electron chi connectivity index (χ2n) is 4.81. The summed E-state index contributed by atoms with van der Waals surface area (Å²) in [4.78, 5) is 23.0. The fraction of sp³-hybridized carbons (Fsp3) is 0.467. The van der Waals surface area contributed by atoms with Crippen molar-refractivity contribution in [1.82, 2.24) is 5.32 Å². The van der Waals surface area contributed by atoms with Crippen molar-refractivity contribution < 1.29 is 14.7 Å². The lowest BCUT2D eigenvalue weighted by atomic mass is 9.96. The zero-order valence-electron chi connectivity index (χ0n) is 12.1. The Morgan fingerprint density at radius 1 is 1.20 bits per heavy atom. The van der Waals surface area contributed by atoms with Crippen LogP contribution in [0.15, 0.2) is 24.3 Å². The molecule has 0 aliphatic heterocycles. The molecule has 1 aromatic carbocycles. The zero-order chi connectivity index (χ0) is 15.1. The molecule has 20 heavy (non-hydrogen) atoms. The van der Waals surface area contributed by atoms with E-state index in [0.717, 1.165) is 12.8 Å². The van der Waals surface area contributed by atoms with E-state index in [-0.39, 0.29) is 17.6 Å². The van der Waals surface area contributed by atoms with Crippen molar-refractivity contribution >= 4 is 17.7 Å². The van der Waals surface area contributed by atoms with Crippen LogP contribution in [0.3, 0.4) is 0 Å². The molecule has 0 saturated heterocycles. The van der Waals surface area contributed by atoms with Crippen LogP contribution >= 0.6 is 0 Å². The topological polar surface area (TPSA) is 78.4 Å². The SMILES string of the molecule is CCC(CC)C(C)NC(=O)Nc1ccccc1C(=O)O. The predicted molar refractivity (Wildman–Crippen MR) is 79.1 cm³/mol. The van der Waals surface area contributed by atoms with Crippen molar-refractivity contribution in [1.29, 1.82) is 0 Å². The summed E-state index contributed by atoms with van der Waals surface area (Å²) < 4.78 is 0. The molecule has 110 valence electrons. The van der Waals surface area contributed by atoms with Gasteiger partial charge in [-0.05, 0) is 25.0 Å². The number of urea groups is 1. The fourth-order valence-electron chi connectivity index (χ4n) is 2.26. The van der Waals surface area contributed by atoms with Crippen LogP contribution in [0.1, 0.15) is 44.0 Å². The van der Waals surface area contributed by atoms with Gasteiger partial charge < -0.3 is 15.7 Å². The Labute approximate surface area is 119 Å². The summed E-state index contributed by atoms with van der Waals surface area (Å²) >= 11 is 0. The summed E-state index contributed by atoms with van der Waals surface area (Å²) in [6.07, 6.45) is 1.98. The molecule has 0 heterocycles. The highest BCUT2D eigenvalue weighted by atomic mass is 16.4. The molecular formula is C15H22N2O3. The molecule has 1 aromatic rings. The maximum Gasteiger partial charge on any atom is 0.337 e. The van der Waals surface area contributed by atoms with Crippen molar-refractivity contribution in [3.63, 3.8) is 0 Å². The van der Waals surface area contributed by atoms with Crippen LogP contribution in [-0.2, 0) is 0 Å². The van der Waals surface area contributed by atoms with E-state index in [4.69, 9.17) is 5.11 Å². The van der Waals surface area contributed by atoms with E-state index in [2.05, 4.69) is 24.5 Å². The van der Waals surface area contributed by atoms with Crippen LogP contribution in [0.5, 0.6) is 0 Å². The second kappa shape index (κ2) is 7.53. The molecule has 0 radical (unpaired) electrons. The van der Waals surface area contributed by atoms with E-state index in [1.54, 1.807) is 18.2 Å². The molecule has 2 amide bonds. The molecule has 1 unspecified atom stereocenters. The highest BCUT2D eigenvalue weighted by Crippen LogP contribution is 2.16. The Balaban J connectivity index is 2.70. The van der Waals surface area contributed by atoms with Gasteiger partial charge in [0.2, 0.25) is 0 Å². The number of hydrogen-bond donors (Lipinski definition) is 3. The van der Waals surface area contributed by atoms with Gasteiger partial charge in [0.15, 0.2) is 0 Å². The third-order valence-electron chi connectivity index (χ3n) is 3.52. The van der Waals surface area contributed by atoms with Gasteiger partial charge in [-0.15, -0.1) is 0 Å². The van der Waals surface area contributed by atoms with Crippen LogP contribution in [-0.4, -0.2) is 23.1 Å². The number of aromatic carboxylic acids is 1. The van der Waals surface area contributed by atoms with Crippen LogP contribution in [0.25, 0.3) is 0 Å². The molecule has 0 aromatic heterocycles. The van der Waals surface area contributed by atoms with Gasteiger partial charge in [0.1, 0.15) is 0 Å². The van der Waals surface area contributed by atoms with E-state index in [1.807, 2.05) is 6.92 Å². The molecule has 5 heteroatoms. The number of carbonyl (C=O) groups excluding carboxylic acids is 1. The molecule has 1 rings (SSSR count). The van der Waals surface area contributed by atoms with E-state index in [9.17, 15) is 9.59 Å².